The number of hydrogen-bond donors (Lipinski definition) is 1. The average Bonchev–Trinajstić information content (AvgIpc) is 1.35. The zero-order chi connectivity index (χ0) is 4.99. The van der Waals surface area contributed by atoms with Crippen LogP contribution in [0.25, 0.3) is 0 Å². The van der Waals surface area contributed by atoms with Crippen LogP contribution in [0.2, 0.25) is 0 Å². The Morgan fingerprint density at radius 3 is 2.14 bits per heavy atom. The molecule has 0 rings (SSSR count). The Labute approximate surface area is 48.1 Å². The summed E-state index contributed by atoms with van der Waals surface area (Å²) >= 11 is 5.02. The fourth-order valence-electron chi connectivity index (χ4n) is 0.0808. The number of carbonyl (C=O) groups is 1. The van der Waals surface area contributed by atoms with Crippen molar-refractivity contribution in [3.63, 3.8) is 0 Å². The van der Waals surface area contributed by atoms with E-state index in [0.29, 0.717) is 0 Å². The standard InChI is InChI=1S/C3H5ClO2.CH4/c4-2-1-3(5)6;/h1-2H2,(H,5,6);1H4. The van der Waals surface area contributed by atoms with Crippen molar-refractivity contribution < 1.29 is 9.90 Å². The van der Waals surface area contributed by atoms with Crippen molar-refractivity contribution >= 4 is 17.6 Å². The van der Waals surface area contributed by atoms with Crippen molar-refractivity contribution in [1.29, 1.82) is 0 Å². The van der Waals surface area contributed by atoms with Crippen LogP contribution in [-0.4, -0.2) is 17.0 Å². The van der Waals surface area contributed by atoms with Gasteiger partial charge >= 0.3 is 5.97 Å². The molecule has 0 unspecified atom stereocenters. The molecule has 0 atom stereocenters. The predicted molar refractivity (Wildman–Crippen MR) is 29.7 cm³/mol. The lowest BCUT2D eigenvalue weighted by atomic mass is 10.5. The Hall–Kier alpha value is -0.240. The van der Waals surface area contributed by atoms with E-state index in [4.69, 9.17) is 16.7 Å². The Morgan fingerprint density at radius 1 is 1.71 bits per heavy atom. The second-order valence-corrected chi connectivity index (χ2v) is 1.21. The third-order valence-electron chi connectivity index (χ3n) is 0.308. The van der Waals surface area contributed by atoms with Crippen LogP contribution >= 0.6 is 11.6 Å². The maximum Gasteiger partial charge on any atom is 0.304 e. The average molecular weight is 125 g/mol. The van der Waals surface area contributed by atoms with E-state index in [2.05, 4.69) is 0 Å². The van der Waals surface area contributed by atoms with Gasteiger partial charge in [-0.2, -0.15) is 0 Å². The van der Waals surface area contributed by atoms with E-state index in [-0.39, 0.29) is 19.7 Å². The minimum atomic E-state index is -0.843. The van der Waals surface area contributed by atoms with E-state index in [0.717, 1.165) is 0 Å². The van der Waals surface area contributed by atoms with Crippen molar-refractivity contribution in [1.82, 2.24) is 0 Å². The summed E-state index contributed by atoms with van der Waals surface area (Å²) in [7, 11) is 0. The molecular weight excluding hydrogens is 115 g/mol. The predicted octanol–water partition coefficient (Wildman–Crippen LogP) is 1.34. The number of alkyl halides is 1. The van der Waals surface area contributed by atoms with E-state index in [1.165, 1.54) is 0 Å². The molecule has 0 amide bonds. The normalized spacial score (nSPS) is 7.00. The highest BCUT2D eigenvalue weighted by Crippen LogP contribution is 1.80. The van der Waals surface area contributed by atoms with E-state index in [1.54, 1.807) is 0 Å². The summed E-state index contributed by atoms with van der Waals surface area (Å²) in [4.78, 5) is 9.51. The van der Waals surface area contributed by atoms with E-state index in [9.17, 15) is 4.79 Å². The summed E-state index contributed by atoms with van der Waals surface area (Å²) in [5, 5.41) is 7.83. The Kier molecular flexibility index (Phi) is 8.15. The van der Waals surface area contributed by atoms with Crippen LogP contribution in [0.4, 0.5) is 0 Å². The molecule has 2 nitrogen and oxygen atoms in total. The molecular formula is C4H9ClO2. The van der Waals surface area contributed by atoms with Gasteiger partial charge in [-0.05, 0) is 0 Å². The number of aliphatic carboxylic acids is 1. The number of halogens is 1. The molecule has 0 saturated carbocycles. The number of carboxylic acid groups (broad SMARTS) is 1. The van der Waals surface area contributed by atoms with Crippen molar-refractivity contribution in [3.05, 3.63) is 0 Å². The molecule has 0 aliphatic heterocycles. The van der Waals surface area contributed by atoms with Gasteiger partial charge in [-0.15, -0.1) is 11.6 Å². The molecule has 0 aromatic carbocycles. The lowest BCUT2D eigenvalue weighted by Crippen LogP contribution is -1.93. The van der Waals surface area contributed by atoms with Gasteiger partial charge in [0.2, 0.25) is 0 Å². The third-order valence-corrected chi connectivity index (χ3v) is 0.497. The fraction of sp³-hybridized carbons (Fsp3) is 0.750. The summed E-state index contributed by atoms with van der Waals surface area (Å²) in [6.45, 7) is 0. The minimum absolute atomic E-state index is 0. The molecule has 0 spiro atoms. The number of hydrogen-bond acceptors (Lipinski definition) is 1. The lowest BCUT2D eigenvalue weighted by molar-refractivity contribution is -0.136. The molecule has 0 radical (unpaired) electrons. The first-order valence-corrected chi connectivity index (χ1v) is 2.08. The second kappa shape index (κ2) is 5.76. The maximum absolute atomic E-state index is 9.51. The SMILES string of the molecule is C.O=C(O)CCCl. The number of rotatable bonds is 2. The second-order valence-electron chi connectivity index (χ2n) is 0.833. The van der Waals surface area contributed by atoms with Gasteiger partial charge in [-0.25, -0.2) is 0 Å². The van der Waals surface area contributed by atoms with Crippen LogP contribution in [0.15, 0.2) is 0 Å². The fourth-order valence-corrected chi connectivity index (χ4v) is 0.243. The Balaban J connectivity index is 0. The Morgan fingerprint density at radius 2 is 2.14 bits per heavy atom. The lowest BCUT2D eigenvalue weighted by Gasteiger charge is -1.78. The molecule has 0 aromatic rings. The summed E-state index contributed by atoms with van der Waals surface area (Å²) < 4.78 is 0. The van der Waals surface area contributed by atoms with Gasteiger partial charge < -0.3 is 5.11 Å². The van der Waals surface area contributed by atoms with Crippen molar-refractivity contribution in [2.45, 2.75) is 13.8 Å². The molecule has 44 valence electrons. The van der Waals surface area contributed by atoms with Crippen LogP contribution < -0.4 is 0 Å². The minimum Gasteiger partial charge on any atom is -0.481 e. The third kappa shape index (κ3) is 10.7. The first kappa shape index (κ1) is 9.90. The van der Waals surface area contributed by atoms with E-state index < -0.39 is 5.97 Å². The zero-order valence-corrected chi connectivity index (χ0v) is 3.90. The molecule has 0 fully saturated rings. The van der Waals surface area contributed by atoms with Gasteiger partial charge in [0.05, 0.1) is 6.42 Å². The molecule has 0 bridgehead atoms. The van der Waals surface area contributed by atoms with Crippen molar-refractivity contribution in [2.75, 3.05) is 5.88 Å². The zero-order valence-electron chi connectivity index (χ0n) is 3.15. The quantitative estimate of drug-likeness (QED) is 0.564. The van der Waals surface area contributed by atoms with Crippen LogP contribution in [0.3, 0.4) is 0 Å². The number of carboxylic acids is 1. The first-order chi connectivity index (χ1) is 2.77. The van der Waals surface area contributed by atoms with Gasteiger partial charge in [0.25, 0.3) is 0 Å². The van der Waals surface area contributed by atoms with Crippen LogP contribution in [0, 0.1) is 0 Å². The highest BCUT2D eigenvalue weighted by molar-refractivity contribution is 6.18. The molecule has 3 heteroatoms. The van der Waals surface area contributed by atoms with Gasteiger partial charge in [-0.3, -0.25) is 4.79 Å². The summed E-state index contributed by atoms with van der Waals surface area (Å²) in [5.74, 6) is -0.639. The molecule has 0 heterocycles. The van der Waals surface area contributed by atoms with Crippen LogP contribution in [-0.2, 0) is 4.79 Å². The van der Waals surface area contributed by atoms with Crippen molar-refractivity contribution in [2.24, 2.45) is 0 Å². The largest absolute Gasteiger partial charge is 0.481 e. The molecule has 0 aliphatic rings. The van der Waals surface area contributed by atoms with Crippen molar-refractivity contribution in [3.8, 4) is 0 Å². The highest BCUT2D eigenvalue weighted by Gasteiger charge is 1.89. The van der Waals surface area contributed by atoms with Crippen LogP contribution in [0.5, 0.6) is 0 Å². The molecule has 7 heavy (non-hydrogen) atoms. The Bertz CT molecular complexity index is 53.7. The van der Waals surface area contributed by atoms with Gasteiger partial charge in [0.1, 0.15) is 0 Å². The van der Waals surface area contributed by atoms with E-state index >= 15 is 0 Å². The smallest absolute Gasteiger partial charge is 0.304 e. The summed E-state index contributed by atoms with van der Waals surface area (Å²) in [6, 6.07) is 0. The van der Waals surface area contributed by atoms with E-state index in [1.807, 2.05) is 0 Å². The monoisotopic (exact) mass is 124 g/mol. The van der Waals surface area contributed by atoms with Gasteiger partial charge in [-0.1, -0.05) is 7.43 Å². The topological polar surface area (TPSA) is 37.3 Å². The molecule has 0 aliphatic carbocycles. The van der Waals surface area contributed by atoms with Gasteiger partial charge in [0, 0.05) is 5.88 Å². The molecule has 0 aromatic heterocycles. The highest BCUT2D eigenvalue weighted by atomic mass is 35.5. The van der Waals surface area contributed by atoms with Crippen LogP contribution in [0.1, 0.15) is 13.8 Å². The molecule has 0 saturated heterocycles. The van der Waals surface area contributed by atoms with Gasteiger partial charge in [0.15, 0.2) is 0 Å². The summed E-state index contributed by atoms with van der Waals surface area (Å²) in [5.41, 5.74) is 0. The molecule has 1 N–H and O–H groups in total. The summed E-state index contributed by atoms with van der Waals surface area (Å²) in [6.07, 6.45) is 0.0571. The maximum atomic E-state index is 9.51. The first-order valence-electron chi connectivity index (χ1n) is 1.55.